The molecule has 0 unspecified atom stereocenters. The number of aromatic nitrogens is 2. The lowest BCUT2D eigenvalue weighted by Crippen LogP contribution is -2.24. The zero-order valence-corrected chi connectivity index (χ0v) is 18.5. The smallest absolute Gasteiger partial charge is 0.397 e. The van der Waals surface area contributed by atoms with E-state index in [1.54, 1.807) is 24.3 Å². The highest BCUT2D eigenvalue weighted by Crippen LogP contribution is 2.28. The number of benzene rings is 1. The van der Waals surface area contributed by atoms with Gasteiger partial charge in [0.1, 0.15) is 5.75 Å². The molecule has 0 fully saturated rings. The third-order valence-electron chi connectivity index (χ3n) is 5.23. The van der Waals surface area contributed by atoms with Crippen LogP contribution < -0.4 is 4.74 Å². The van der Waals surface area contributed by atoms with Gasteiger partial charge in [-0.05, 0) is 49.1 Å². The van der Waals surface area contributed by atoms with Crippen LogP contribution in [0, 0.1) is 0 Å². The summed E-state index contributed by atoms with van der Waals surface area (Å²) in [6.07, 6.45) is 12.5. The normalized spacial score (nSPS) is 11.6. The van der Waals surface area contributed by atoms with Gasteiger partial charge in [0.25, 0.3) is 0 Å². The molecule has 1 heterocycles. The first-order chi connectivity index (χ1) is 14.5. The average Bonchev–Trinajstić information content (AvgIpc) is 2.74. The molecule has 166 valence electrons. The minimum absolute atomic E-state index is 0.163. The number of rotatable bonds is 15. The van der Waals surface area contributed by atoms with E-state index in [2.05, 4.69) is 16.9 Å². The molecule has 0 radical (unpaired) electrons. The summed E-state index contributed by atoms with van der Waals surface area (Å²) < 4.78 is 32.6. The SMILES string of the molecule is CCCCCCCCCc1cnc(-c2ccc(OC(F)(F)CCCCC)cc2)nc1. The van der Waals surface area contributed by atoms with Crippen molar-refractivity contribution in [2.75, 3.05) is 0 Å². The Hall–Kier alpha value is -2.04. The molecule has 30 heavy (non-hydrogen) atoms. The fourth-order valence-corrected chi connectivity index (χ4v) is 3.40. The molecule has 0 bridgehead atoms. The van der Waals surface area contributed by atoms with Crippen LogP contribution >= 0.6 is 0 Å². The minimum Gasteiger partial charge on any atom is -0.433 e. The van der Waals surface area contributed by atoms with Gasteiger partial charge in [0.2, 0.25) is 0 Å². The van der Waals surface area contributed by atoms with Crippen molar-refractivity contribution in [1.29, 1.82) is 0 Å². The van der Waals surface area contributed by atoms with E-state index in [4.69, 9.17) is 4.74 Å². The molecule has 0 aliphatic rings. The number of halogens is 2. The lowest BCUT2D eigenvalue weighted by molar-refractivity contribution is -0.181. The predicted octanol–water partition coefficient (Wildman–Crippen LogP) is 7.99. The Bertz CT molecular complexity index is 702. The molecule has 0 aliphatic carbocycles. The van der Waals surface area contributed by atoms with Gasteiger partial charge in [-0.25, -0.2) is 9.97 Å². The molecule has 3 nitrogen and oxygen atoms in total. The number of hydrogen-bond acceptors (Lipinski definition) is 3. The van der Waals surface area contributed by atoms with Gasteiger partial charge in [-0.15, -0.1) is 0 Å². The number of nitrogens with zero attached hydrogens (tertiary/aromatic N) is 2. The van der Waals surface area contributed by atoms with Crippen molar-refractivity contribution in [1.82, 2.24) is 9.97 Å². The summed E-state index contributed by atoms with van der Waals surface area (Å²) >= 11 is 0. The second kappa shape index (κ2) is 13.3. The topological polar surface area (TPSA) is 35.0 Å². The standard InChI is InChI=1S/C25H36F2N2O/c1-3-5-7-8-9-10-11-13-21-19-28-24(29-20-21)22-14-16-23(17-15-22)30-25(26,27)18-12-6-4-2/h14-17,19-20H,3-13,18H2,1-2H3. The Labute approximate surface area is 180 Å². The number of unbranched alkanes of at least 4 members (excludes halogenated alkanes) is 8. The summed E-state index contributed by atoms with van der Waals surface area (Å²) in [7, 11) is 0. The number of ether oxygens (including phenoxy) is 1. The van der Waals surface area contributed by atoms with E-state index in [9.17, 15) is 8.78 Å². The molecule has 1 aromatic heterocycles. The Morgan fingerprint density at radius 3 is 1.97 bits per heavy atom. The Balaban J connectivity index is 1.79. The monoisotopic (exact) mass is 418 g/mol. The van der Waals surface area contributed by atoms with Crippen molar-refractivity contribution in [3.8, 4) is 17.1 Å². The average molecular weight is 419 g/mol. The van der Waals surface area contributed by atoms with Crippen molar-refractivity contribution in [2.24, 2.45) is 0 Å². The molecule has 0 amide bonds. The first kappa shape index (κ1) is 24.2. The van der Waals surface area contributed by atoms with Crippen LogP contribution in [-0.2, 0) is 6.42 Å². The summed E-state index contributed by atoms with van der Waals surface area (Å²) in [6, 6.07) is 6.56. The van der Waals surface area contributed by atoms with E-state index in [-0.39, 0.29) is 12.2 Å². The third-order valence-corrected chi connectivity index (χ3v) is 5.23. The maximum absolute atomic E-state index is 13.9. The van der Waals surface area contributed by atoms with Crippen LogP contribution in [0.5, 0.6) is 5.75 Å². The first-order valence-electron chi connectivity index (χ1n) is 11.5. The zero-order chi connectivity index (χ0) is 21.7. The summed E-state index contributed by atoms with van der Waals surface area (Å²) in [6.45, 7) is 4.22. The fourth-order valence-electron chi connectivity index (χ4n) is 3.40. The highest BCUT2D eigenvalue weighted by atomic mass is 19.3. The Kier molecular flexibility index (Phi) is 10.7. The molecule has 1 aromatic carbocycles. The molecule has 0 saturated carbocycles. The van der Waals surface area contributed by atoms with Gasteiger partial charge in [-0.3, -0.25) is 0 Å². The van der Waals surface area contributed by atoms with Crippen molar-refractivity contribution in [2.45, 2.75) is 97.0 Å². The van der Waals surface area contributed by atoms with Gasteiger partial charge < -0.3 is 4.74 Å². The van der Waals surface area contributed by atoms with E-state index in [1.807, 2.05) is 19.3 Å². The van der Waals surface area contributed by atoms with E-state index in [0.29, 0.717) is 12.2 Å². The highest BCUT2D eigenvalue weighted by molar-refractivity contribution is 5.55. The molecule has 0 aliphatic heterocycles. The van der Waals surface area contributed by atoms with E-state index in [1.165, 1.54) is 38.5 Å². The van der Waals surface area contributed by atoms with Crippen LogP contribution in [-0.4, -0.2) is 16.1 Å². The number of hydrogen-bond donors (Lipinski definition) is 0. The van der Waals surface area contributed by atoms with Crippen LogP contribution in [0.4, 0.5) is 8.78 Å². The van der Waals surface area contributed by atoms with Crippen LogP contribution in [0.2, 0.25) is 0 Å². The first-order valence-corrected chi connectivity index (χ1v) is 11.5. The maximum atomic E-state index is 13.9. The van der Waals surface area contributed by atoms with E-state index in [0.717, 1.165) is 36.8 Å². The van der Waals surface area contributed by atoms with E-state index >= 15 is 0 Å². The predicted molar refractivity (Wildman–Crippen MR) is 119 cm³/mol. The van der Waals surface area contributed by atoms with Crippen molar-refractivity contribution in [3.63, 3.8) is 0 Å². The quantitative estimate of drug-likeness (QED) is 0.275. The highest BCUT2D eigenvalue weighted by Gasteiger charge is 2.30. The molecule has 2 aromatic rings. The second-order valence-electron chi connectivity index (χ2n) is 8.01. The molecule has 0 saturated heterocycles. The van der Waals surface area contributed by atoms with Crippen molar-refractivity contribution in [3.05, 3.63) is 42.2 Å². The van der Waals surface area contributed by atoms with Gasteiger partial charge in [0, 0.05) is 18.0 Å². The summed E-state index contributed by atoms with van der Waals surface area (Å²) in [5.74, 6) is 0.760. The molecule has 0 atom stereocenters. The largest absolute Gasteiger partial charge is 0.433 e. The van der Waals surface area contributed by atoms with E-state index < -0.39 is 6.11 Å². The summed E-state index contributed by atoms with van der Waals surface area (Å²) in [5.41, 5.74) is 1.93. The fraction of sp³-hybridized carbons (Fsp3) is 0.600. The lowest BCUT2D eigenvalue weighted by atomic mass is 10.1. The Morgan fingerprint density at radius 2 is 1.33 bits per heavy atom. The van der Waals surface area contributed by atoms with Crippen LogP contribution in [0.25, 0.3) is 11.4 Å². The second-order valence-corrected chi connectivity index (χ2v) is 8.01. The molecular formula is C25H36F2N2O. The molecule has 0 N–H and O–H groups in total. The van der Waals surface area contributed by atoms with Gasteiger partial charge in [0.05, 0.1) is 6.42 Å². The molecule has 5 heteroatoms. The maximum Gasteiger partial charge on any atom is 0.397 e. The molecule has 2 rings (SSSR count). The molecular weight excluding hydrogens is 382 g/mol. The van der Waals surface area contributed by atoms with Crippen LogP contribution in [0.1, 0.15) is 90.0 Å². The van der Waals surface area contributed by atoms with Crippen LogP contribution in [0.15, 0.2) is 36.7 Å². The van der Waals surface area contributed by atoms with Crippen molar-refractivity contribution >= 4 is 0 Å². The van der Waals surface area contributed by atoms with Gasteiger partial charge in [-0.2, -0.15) is 8.78 Å². The summed E-state index contributed by atoms with van der Waals surface area (Å²) in [5, 5.41) is 0. The van der Waals surface area contributed by atoms with Gasteiger partial charge in [0.15, 0.2) is 5.82 Å². The number of alkyl halides is 2. The van der Waals surface area contributed by atoms with Crippen LogP contribution in [0.3, 0.4) is 0 Å². The molecule has 0 spiro atoms. The minimum atomic E-state index is -3.13. The van der Waals surface area contributed by atoms with Gasteiger partial charge >= 0.3 is 6.11 Å². The third kappa shape index (κ3) is 9.19. The Morgan fingerprint density at radius 1 is 0.767 bits per heavy atom. The van der Waals surface area contributed by atoms with Crippen molar-refractivity contribution < 1.29 is 13.5 Å². The summed E-state index contributed by atoms with van der Waals surface area (Å²) in [4.78, 5) is 8.88. The van der Waals surface area contributed by atoms with Gasteiger partial charge in [-0.1, -0.05) is 65.2 Å². The number of aryl methyl sites for hydroxylation is 1. The zero-order valence-electron chi connectivity index (χ0n) is 18.5. The lowest BCUT2D eigenvalue weighted by Gasteiger charge is -2.18.